The lowest BCUT2D eigenvalue weighted by Gasteiger charge is -2.33. The van der Waals surface area contributed by atoms with Crippen molar-refractivity contribution in [1.29, 1.82) is 5.26 Å². The van der Waals surface area contributed by atoms with Crippen LogP contribution in [-0.2, 0) is 4.74 Å². The van der Waals surface area contributed by atoms with Gasteiger partial charge in [0.05, 0.1) is 24.7 Å². The SMILES string of the molecule is CCCNC1CCCC2OC(CC#N)CC12. The number of ether oxygens (including phenoxy) is 1. The average molecular weight is 222 g/mol. The van der Waals surface area contributed by atoms with Crippen molar-refractivity contribution in [2.45, 2.75) is 63.7 Å². The van der Waals surface area contributed by atoms with E-state index in [0.29, 0.717) is 24.5 Å². The van der Waals surface area contributed by atoms with Gasteiger partial charge in [-0.3, -0.25) is 0 Å². The molecule has 90 valence electrons. The first-order chi connectivity index (χ1) is 7.85. The van der Waals surface area contributed by atoms with Crippen molar-refractivity contribution in [3.05, 3.63) is 0 Å². The summed E-state index contributed by atoms with van der Waals surface area (Å²) in [5.74, 6) is 0.652. The van der Waals surface area contributed by atoms with Crippen molar-refractivity contribution < 1.29 is 4.74 Å². The molecular formula is C13H22N2O. The molecule has 4 atom stereocenters. The van der Waals surface area contributed by atoms with E-state index in [1.54, 1.807) is 0 Å². The van der Waals surface area contributed by atoms with Crippen LogP contribution in [0.3, 0.4) is 0 Å². The number of hydrogen-bond donors (Lipinski definition) is 1. The van der Waals surface area contributed by atoms with E-state index >= 15 is 0 Å². The molecule has 2 rings (SSSR count). The maximum absolute atomic E-state index is 8.72. The number of nitrogens with zero attached hydrogens (tertiary/aromatic N) is 1. The van der Waals surface area contributed by atoms with Crippen LogP contribution in [0, 0.1) is 17.2 Å². The summed E-state index contributed by atoms with van der Waals surface area (Å²) < 4.78 is 5.95. The first kappa shape index (κ1) is 11.9. The lowest BCUT2D eigenvalue weighted by molar-refractivity contribution is 0.0141. The zero-order valence-corrected chi connectivity index (χ0v) is 10.1. The predicted octanol–water partition coefficient (Wildman–Crippen LogP) is 2.23. The second kappa shape index (κ2) is 5.65. The summed E-state index contributed by atoms with van der Waals surface area (Å²) in [6.07, 6.45) is 7.19. The van der Waals surface area contributed by atoms with E-state index in [4.69, 9.17) is 10.00 Å². The van der Waals surface area contributed by atoms with Crippen molar-refractivity contribution >= 4 is 0 Å². The Morgan fingerprint density at radius 2 is 2.31 bits per heavy atom. The van der Waals surface area contributed by atoms with Crippen molar-refractivity contribution in [3.63, 3.8) is 0 Å². The highest BCUT2D eigenvalue weighted by Gasteiger charge is 2.41. The fourth-order valence-corrected chi connectivity index (χ4v) is 3.13. The zero-order valence-electron chi connectivity index (χ0n) is 10.1. The van der Waals surface area contributed by atoms with E-state index in [2.05, 4.69) is 18.3 Å². The molecule has 1 N–H and O–H groups in total. The molecule has 2 fully saturated rings. The summed E-state index contributed by atoms with van der Waals surface area (Å²) in [5.41, 5.74) is 0. The third kappa shape index (κ3) is 2.56. The number of nitriles is 1. The smallest absolute Gasteiger partial charge is 0.0713 e. The first-order valence-electron chi connectivity index (χ1n) is 6.61. The molecule has 2 aliphatic rings. The van der Waals surface area contributed by atoms with Crippen LogP contribution in [0.2, 0.25) is 0 Å². The quantitative estimate of drug-likeness (QED) is 0.793. The second-order valence-corrected chi connectivity index (χ2v) is 5.05. The Bertz CT molecular complexity index is 261. The van der Waals surface area contributed by atoms with Crippen LogP contribution in [0.5, 0.6) is 0 Å². The van der Waals surface area contributed by atoms with E-state index in [1.165, 1.54) is 25.7 Å². The molecule has 0 radical (unpaired) electrons. The molecule has 16 heavy (non-hydrogen) atoms. The van der Waals surface area contributed by atoms with Gasteiger partial charge in [0, 0.05) is 12.0 Å². The van der Waals surface area contributed by atoms with Gasteiger partial charge < -0.3 is 10.1 Å². The van der Waals surface area contributed by atoms with Gasteiger partial charge in [-0.2, -0.15) is 5.26 Å². The summed E-state index contributed by atoms with van der Waals surface area (Å²) in [4.78, 5) is 0. The van der Waals surface area contributed by atoms with Crippen molar-refractivity contribution in [2.75, 3.05) is 6.54 Å². The van der Waals surface area contributed by atoms with Gasteiger partial charge in [-0.1, -0.05) is 6.92 Å². The third-order valence-corrected chi connectivity index (χ3v) is 3.88. The normalized spacial score (nSPS) is 38.0. The molecule has 1 heterocycles. The largest absolute Gasteiger partial charge is 0.374 e. The van der Waals surface area contributed by atoms with Gasteiger partial charge in [0.15, 0.2) is 0 Å². The lowest BCUT2D eigenvalue weighted by atomic mass is 9.81. The van der Waals surface area contributed by atoms with Crippen LogP contribution >= 0.6 is 0 Å². The third-order valence-electron chi connectivity index (χ3n) is 3.88. The Balaban J connectivity index is 1.90. The predicted molar refractivity (Wildman–Crippen MR) is 62.9 cm³/mol. The second-order valence-electron chi connectivity index (χ2n) is 5.05. The van der Waals surface area contributed by atoms with Gasteiger partial charge in [-0.05, 0) is 38.6 Å². The molecule has 3 heteroatoms. The Labute approximate surface area is 98.2 Å². The van der Waals surface area contributed by atoms with Crippen LogP contribution < -0.4 is 5.32 Å². The van der Waals surface area contributed by atoms with Crippen LogP contribution in [0.25, 0.3) is 0 Å². The van der Waals surface area contributed by atoms with Crippen LogP contribution in [0.4, 0.5) is 0 Å². The molecule has 0 spiro atoms. The van der Waals surface area contributed by atoms with Crippen molar-refractivity contribution in [2.24, 2.45) is 5.92 Å². The molecule has 0 aromatic heterocycles. The van der Waals surface area contributed by atoms with Gasteiger partial charge in [0.25, 0.3) is 0 Å². The maximum atomic E-state index is 8.72. The number of nitrogens with one attached hydrogen (secondary N) is 1. The number of fused-ring (bicyclic) bond motifs is 1. The highest BCUT2D eigenvalue weighted by molar-refractivity contribution is 4.95. The van der Waals surface area contributed by atoms with E-state index in [9.17, 15) is 0 Å². The molecule has 0 aromatic rings. The Morgan fingerprint density at radius 3 is 3.06 bits per heavy atom. The molecule has 1 saturated carbocycles. The average Bonchev–Trinajstić information content (AvgIpc) is 2.69. The Hall–Kier alpha value is -0.590. The number of rotatable bonds is 4. The summed E-state index contributed by atoms with van der Waals surface area (Å²) in [6, 6.07) is 2.86. The monoisotopic (exact) mass is 222 g/mol. The standard InChI is InChI=1S/C13H22N2O/c1-2-8-15-12-4-3-5-13-11(12)9-10(16-13)6-7-14/h10-13,15H,2-6,8-9H2,1H3. The van der Waals surface area contributed by atoms with Gasteiger partial charge in [0.2, 0.25) is 0 Å². The van der Waals surface area contributed by atoms with E-state index in [-0.39, 0.29) is 6.10 Å². The van der Waals surface area contributed by atoms with E-state index in [0.717, 1.165) is 13.0 Å². The molecule has 1 saturated heterocycles. The molecular weight excluding hydrogens is 200 g/mol. The summed E-state index contributed by atoms with van der Waals surface area (Å²) in [5, 5.41) is 12.4. The summed E-state index contributed by atoms with van der Waals surface area (Å²) in [6.45, 7) is 3.31. The van der Waals surface area contributed by atoms with Crippen molar-refractivity contribution in [1.82, 2.24) is 5.32 Å². The minimum absolute atomic E-state index is 0.198. The molecule has 0 bridgehead atoms. The van der Waals surface area contributed by atoms with Gasteiger partial charge in [-0.15, -0.1) is 0 Å². The molecule has 1 aliphatic heterocycles. The lowest BCUT2D eigenvalue weighted by Crippen LogP contribution is -2.43. The fraction of sp³-hybridized carbons (Fsp3) is 0.923. The van der Waals surface area contributed by atoms with Gasteiger partial charge in [-0.25, -0.2) is 0 Å². The minimum atomic E-state index is 0.198. The Morgan fingerprint density at radius 1 is 1.44 bits per heavy atom. The van der Waals surface area contributed by atoms with Crippen LogP contribution in [0.15, 0.2) is 0 Å². The minimum Gasteiger partial charge on any atom is -0.374 e. The molecule has 4 unspecified atom stereocenters. The van der Waals surface area contributed by atoms with Crippen LogP contribution in [0.1, 0.15) is 45.4 Å². The van der Waals surface area contributed by atoms with E-state index in [1.807, 2.05) is 0 Å². The Kier molecular flexibility index (Phi) is 4.20. The fourth-order valence-electron chi connectivity index (χ4n) is 3.13. The van der Waals surface area contributed by atoms with Gasteiger partial charge >= 0.3 is 0 Å². The summed E-state index contributed by atoms with van der Waals surface area (Å²) >= 11 is 0. The van der Waals surface area contributed by atoms with Gasteiger partial charge in [0.1, 0.15) is 0 Å². The van der Waals surface area contributed by atoms with Crippen molar-refractivity contribution in [3.8, 4) is 6.07 Å². The number of hydrogen-bond acceptors (Lipinski definition) is 3. The highest BCUT2D eigenvalue weighted by atomic mass is 16.5. The topological polar surface area (TPSA) is 45.0 Å². The zero-order chi connectivity index (χ0) is 11.4. The molecule has 0 amide bonds. The highest BCUT2D eigenvalue weighted by Crippen LogP contribution is 2.38. The molecule has 3 nitrogen and oxygen atoms in total. The first-order valence-corrected chi connectivity index (χ1v) is 6.61. The molecule has 1 aliphatic carbocycles. The molecule has 0 aromatic carbocycles. The summed E-state index contributed by atoms with van der Waals surface area (Å²) in [7, 11) is 0. The maximum Gasteiger partial charge on any atom is 0.0713 e. The van der Waals surface area contributed by atoms with Crippen LogP contribution in [-0.4, -0.2) is 24.8 Å². The van der Waals surface area contributed by atoms with E-state index < -0.39 is 0 Å².